The molecule has 0 bridgehead atoms. The van der Waals surface area contributed by atoms with Crippen LogP contribution in [0.25, 0.3) is 0 Å². The zero-order chi connectivity index (χ0) is 21.5. The Labute approximate surface area is 182 Å². The van der Waals surface area contributed by atoms with E-state index in [-0.39, 0.29) is 23.8 Å². The number of methoxy groups -OCH3 is 1. The average Bonchev–Trinajstić information content (AvgIpc) is 2.78. The molecule has 0 aliphatic carbocycles. The predicted octanol–water partition coefficient (Wildman–Crippen LogP) is 3.70. The van der Waals surface area contributed by atoms with Crippen molar-refractivity contribution in [1.82, 2.24) is 10.2 Å². The van der Waals surface area contributed by atoms with Crippen LogP contribution in [-0.2, 0) is 16.1 Å². The summed E-state index contributed by atoms with van der Waals surface area (Å²) in [5.74, 6) is 0.504. The van der Waals surface area contributed by atoms with E-state index in [9.17, 15) is 9.59 Å². The maximum Gasteiger partial charge on any atom is 0.241 e. The van der Waals surface area contributed by atoms with Crippen LogP contribution in [0.5, 0.6) is 5.75 Å². The molecule has 3 rings (SSSR count). The number of halogens is 1. The molecule has 2 aromatic rings. The molecule has 1 fully saturated rings. The molecule has 2 amide bonds. The van der Waals surface area contributed by atoms with Crippen molar-refractivity contribution >= 4 is 29.1 Å². The molecular weight excluding hydrogens is 402 g/mol. The Balaban J connectivity index is 1.48. The highest BCUT2D eigenvalue weighted by molar-refractivity contribution is 6.31. The van der Waals surface area contributed by atoms with Gasteiger partial charge in [0, 0.05) is 17.5 Å². The summed E-state index contributed by atoms with van der Waals surface area (Å²) in [7, 11) is 1.55. The number of nitrogens with one attached hydrogen (secondary N) is 2. The zero-order valence-electron chi connectivity index (χ0n) is 17.4. The van der Waals surface area contributed by atoms with E-state index in [4.69, 9.17) is 16.3 Å². The first-order valence-electron chi connectivity index (χ1n) is 10.2. The van der Waals surface area contributed by atoms with Gasteiger partial charge in [-0.05, 0) is 56.6 Å². The number of nitrogens with zero attached hydrogens (tertiary/aromatic N) is 1. The lowest BCUT2D eigenvalue weighted by Crippen LogP contribution is -2.48. The second kappa shape index (κ2) is 10.5. The topological polar surface area (TPSA) is 70.7 Å². The molecular formula is C23H28ClN3O3. The van der Waals surface area contributed by atoms with Gasteiger partial charge in [0.25, 0.3) is 0 Å². The lowest BCUT2D eigenvalue weighted by molar-refractivity contribution is -0.127. The number of carbonyl (C=O) groups is 2. The van der Waals surface area contributed by atoms with Crippen LogP contribution in [0.2, 0.25) is 5.02 Å². The van der Waals surface area contributed by atoms with E-state index in [0.29, 0.717) is 36.1 Å². The second-order valence-electron chi connectivity index (χ2n) is 7.52. The number of ether oxygens (including phenoxy) is 1. The van der Waals surface area contributed by atoms with Crippen molar-refractivity contribution in [2.75, 3.05) is 25.5 Å². The summed E-state index contributed by atoms with van der Waals surface area (Å²) in [5.41, 5.74) is 1.64. The van der Waals surface area contributed by atoms with Crippen LogP contribution in [-0.4, -0.2) is 43.0 Å². The van der Waals surface area contributed by atoms with E-state index in [2.05, 4.69) is 15.5 Å². The van der Waals surface area contributed by atoms with Crippen LogP contribution < -0.4 is 15.4 Å². The molecule has 1 saturated heterocycles. The first-order chi connectivity index (χ1) is 14.5. The van der Waals surface area contributed by atoms with Gasteiger partial charge in [0.05, 0.1) is 18.8 Å². The number of carbonyl (C=O) groups excluding carboxylic acids is 2. The molecule has 1 aliphatic heterocycles. The van der Waals surface area contributed by atoms with Gasteiger partial charge in [-0.15, -0.1) is 0 Å². The molecule has 0 saturated carbocycles. The number of benzene rings is 2. The minimum absolute atomic E-state index is 0.0201. The standard InChI is InChI=1S/C23H28ClN3O3/c1-16(22(28)26-20-14-19(24)8-9-21(20)30-2)27-12-10-18(11-13-27)23(29)25-15-17-6-4-3-5-7-17/h3-9,14,16,18H,10-13,15H2,1-2H3,(H,25,29)(H,26,28)/t16-/m1/s1. The lowest BCUT2D eigenvalue weighted by atomic mass is 9.94. The Morgan fingerprint density at radius 3 is 2.53 bits per heavy atom. The number of anilines is 1. The number of amides is 2. The van der Waals surface area contributed by atoms with Crippen LogP contribution in [0, 0.1) is 5.92 Å². The molecule has 0 spiro atoms. The smallest absolute Gasteiger partial charge is 0.241 e. The Bertz CT molecular complexity index is 867. The van der Waals surface area contributed by atoms with Gasteiger partial charge in [0.15, 0.2) is 0 Å². The van der Waals surface area contributed by atoms with Gasteiger partial charge >= 0.3 is 0 Å². The fraction of sp³-hybridized carbons (Fsp3) is 0.391. The molecule has 1 heterocycles. The Hall–Kier alpha value is -2.57. The third kappa shape index (κ3) is 5.74. The molecule has 30 heavy (non-hydrogen) atoms. The Morgan fingerprint density at radius 1 is 1.17 bits per heavy atom. The monoisotopic (exact) mass is 429 g/mol. The Kier molecular flexibility index (Phi) is 7.71. The molecule has 1 atom stereocenters. The van der Waals surface area contributed by atoms with E-state index in [1.807, 2.05) is 37.3 Å². The first kappa shape index (κ1) is 22.1. The quantitative estimate of drug-likeness (QED) is 0.704. The number of hydrogen-bond acceptors (Lipinski definition) is 4. The highest BCUT2D eigenvalue weighted by Crippen LogP contribution is 2.28. The van der Waals surface area contributed by atoms with E-state index < -0.39 is 0 Å². The van der Waals surface area contributed by atoms with Crippen LogP contribution in [0.1, 0.15) is 25.3 Å². The molecule has 1 aliphatic rings. The second-order valence-corrected chi connectivity index (χ2v) is 7.96. The van der Waals surface area contributed by atoms with Gasteiger partial charge in [-0.3, -0.25) is 14.5 Å². The van der Waals surface area contributed by atoms with Crippen LogP contribution in [0.15, 0.2) is 48.5 Å². The summed E-state index contributed by atoms with van der Waals surface area (Å²) in [6, 6.07) is 14.7. The Morgan fingerprint density at radius 2 is 1.87 bits per heavy atom. The highest BCUT2D eigenvalue weighted by Gasteiger charge is 2.30. The van der Waals surface area contributed by atoms with E-state index in [0.717, 1.165) is 18.4 Å². The summed E-state index contributed by atoms with van der Waals surface area (Å²) in [6.07, 6.45) is 1.47. The first-order valence-corrected chi connectivity index (χ1v) is 10.6. The fourth-order valence-electron chi connectivity index (χ4n) is 3.66. The van der Waals surface area contributed by atoms with Gasteiger partial charge in [-0.2, -0.15) is 0 Å². The van der Waals surface area contributed by atoms with E-state index in [1.54, 1.807) is 25.3 Å². The number of rotatable bonds is 7. The third-order valence-corrected chi connectivity index (χ3v) is 5.79. The van der Waals surface area contributed by atoms with Crippen molar-refractivity contribution in [3.63, 3.8) is 0 Å². The largest absolute Gasteiger partial charge is 0.495 e. The fourth-order valence-corrected chi connectivity index (χ4v) is 3.83. The summed E-state index contributed by atoms with van der Waals surface area (Å²) in [4.78, 5) is 27.3. The molecule has 6 nitrogen and oxygen atoms in total. The van der Waals surface area contributed by atoms with Gasteiger partial charge in [0.2, 0.25) is 11.8 Å². The van der Waals surface area contributed by atoms with Crippen molar-refractivity contribution in [3.8, 4) is 5.75 Å². The molecule has 0 aromatic heterocycles. The lowest BCUT2D eigenvalue weighted by Gasteiger charge is -2.34. The van der Waals surface area contributed by atoms with Crippen LogP contribution >= 0.6 is 11.6 Å². The van der Waals surface area contributed by atoms with E-state index in [1.165, 1.54) is 0 Å². The molecule has 2 aromatic carbocycles. The summed E-state index contributed by atoms with van der Waals surface area (Å²) >= 11 is 6.04. The van der Waals surface area contributed by atoms with E-state index >= 15 is 0 Å². The summed E-state index contributed by atoms with van der Waals surface area (Å²) in [6.45, 7) is 3.82. The minimum atomic E-state index is -0.318. The highest BCUT2D eigenvalue weighted by atomic mass is 35.5. The van der Waals surface area contributed by atoms with Crippen molar-refractivity contribution < 1.29 is 14.3 Å². The average molecular weight is 430 g/mol. The van der Waals surface area contributed by atoms with Crippen LogP contribution in [0.4, 0.5) is 5.69 Å². The van der Waals surface area contributed by atoms with Crippen molar-refractivity contribution in [2.24, 2.45) is 5.92 Å². The number of piperidine rings is 1. The predicted molar refractivity (Wildman–Crippen MR) is 119 cm³/mol. The molecule has 0 unspecified atom stereocenters. The van der Waals surface area contributed by atoms with Crippen LogP contribution in [0.3, 0.4) is 0 Å². The molecule has 7 heteroatoms. The zero-order valence-corrected chi connectivity index (χ0v) is 18.1. The maximum atomic E-state index is 12.7. The summed E-state index contributed by atoms with van der Waals surface area (Å²) in [5, 5.41) is 6.45. The normalized spacial score (nSPS) is 16.0. The molecule has 0 radical (unpaired) electrons. The van der Waals surface area contributed by atoms with Gasteiger partial charge in [-0.25, -0.2) is 0 Å². The van der Waals surface area contributed by atoms with Crippen molar-refractivity contribution in [3.05, 3.63) is 59.1 Å². The summed E-state index contributed by atoms with van der Waals surface area (Å²) < 4.78 is 5.29. The van der Waals surface area contributed by atoms with Gasteiger partial charge < -0.3 is 15.4 Å². The third-order valence-electron chi connectivity index (χ3n) is 5.56. The number of hydrogen-bond donors (Lipinski definition) is 2. The van der Waals surface area contributed by atoms with Gasteiger partial charge in [-0.1, -0.05) is 41.9 Å². The molecule has 2 N–H and O–H groups in total. The van der Waals surface area contributed by atoms with Crippen molar-refractivity contribution in [2.45, 2.75) is 32.4 Å². The SMILES string of the molecule is COc1ccc(Cl)cc1NC(=O)[C@@H](C)N1CCC(C(=O)NCc2ccccc2)CC1. The number of likely N-dealkylation sites (tertiary alicyclic amines) is 1. The molecule has 160 valence electrons. The van der Waals surface area contributed by atoms with Gasteiger partial charge in [0.1, 0.15) is 5.75 Å². The van der Waals surface area contributed by atoms with Crippen molar-refractivity contribution in [1.29, 1.82) is 0 Å². The maximum absolute atomic E-state index is 12.7. The minimum Gasteiger partial charge on any atom is -0.495 e.